The molecule has 1 N–H and O–H groups in total. The second kappa shape index (κ2) is 5.48. The summed E-state index contributed by atoms with van der Waals surface area (Å²) in [6.07, 6.45) is 5.11. The van der Waals surface area contributed by atoms with Crippen LogP contribution in [0.5, 0.6) is 0 Å². The van der Waals surface area contributed by atoms with Gasteiger partial charge in [-0.05, 0) is 19.8 Å². The lowest BCUT2D eigenvalue weighted by atomic mass is 10.1. The van der Waals surface area contributed by atoms with Crippen molar-refractivity contribution in [2.45, 2.75) is 33.1 Å². The van der Waals surface area contributed by atoms with E-state index in [0.29, 0.717) is 0 Å². The van der Waals surface area contributed by atoms with Crippen molar-refractivity contribution in [3.05, 3.63) is 11.8 Å². The first-order valence-electron chi connectivity index (χ1n) is 3.33. The van der Waals surface area contributed by atoms with Crippen LogP contribution in [-0.4, -0.2) is 0 Å². The Hall–Kier alpha value is -0.660. The van der Waals surface area contributed by atoms with Crippen LogP contribution in [0.2, 0.25) is 0 Å². The number of nitrogens with zero attached hydrogens (tertiary/aromatic N) is 1. The Balaban J connectivity index is 3.36. The van der Waals surface area contributed by atoms with Gasteiger partial charge in [0.15, 0.2) is 0 Å². The molecule has 2 heteroatoms. The molecular weight excluding hydrogens is 112 g/mol. The van der Waals surface area contributed by atoms with Crippen LogP contribution in [-0.2, 0) is 0 Å². The number of nitrogens with one attached hydrogen (secondary N) is 1. The summed E-state index contributed by atoms with van der Waals surface area (Å²) in [5, 5.41) is 3.18. The number of rotatable bonds is 4. The van der Waals surface area contributed by atoms with Crippen LogP contribution < -0.4 is 0 Å². The molecule has 0 heterocycles. The van der Waals surface area contributed by atoms with E-state index in [9.17, 15) is 0 Å². The maximum absolute atomic E-state index is 6.52. The topological polar surface area (TPSA) is 36.2 Å². The van der Waals surface area contributed by atoms with Crippen LogP contribution in [0, 0.1) is 5.53 Å². The van der Waals surface area contributed by atoms with E-state index in [1.54, 1.807) is 6.20 Å². The third kappa shape index (κ3) is 5.21. The lowest BCUT2D eigenvalue weighted by Crippen LogP contribution is -1.74. The van der Waals surface area contributed by atoms with Crippen molar-refractivity contribution in [1.82, 2.24) is 0 Å². The van der Waals surface area contributed by atoms with Gasteiger partial charge in [-0.15, -0.1) is 0 Å². The second-order valence-electron chi connectivity index (χ2n) is 2.21. The molecular formula is C7H14N2. The highest BCUT2D eigenvalue weighted by molar-refractivity contribution is 4.94. The lowest BCUT2D eigenvalue weighted by Gasteiger charge is -1.93. The fraction of sp³-hybridized carbons (Fsp3) is 0.714. The van der Waals surface area contributed by atoms with E-state index in [1.165, 1.54) is 18.4 Å². The van der Waals surface area contributed by atoms with Crippen LogP contribution in [0.4, 0.5) is 0 Å². The van der Waals surface area contributed by atoms with E-state index in [-0.39, 0.29) is 0 Å². The predicted molar refractivity (Wildman–Crippen MR) is 38.4 cm³/mol. The van der Waals surface area contributed by atoms with Gasteiger partial charge in [0, 0.05) is 6.20 Å². The van der Waals surface area contributed by atoms with Crippen LogP contribution in [0.15, 0.2) is 16.9 Å². The van der Waals surface area contributed by atoms with Gasteiger partial charge in [0.05, 0.1) is 0 Å². The summed E-state index contributed by atoms with van der Waals surface area (Å²) in [4.78, 5) is 0. The Morgan fingerprint density at radius 2 is 2.33 bits per heavy atom. The molecule has 0 spiro atoms. The highest BCUT2D eigenvalue weighted by Crippen LogP contribution is 2.05. The molecule has 52 valence electrons. The van der Waals surface area contributed by atoms with Gasteiger partial charge < -0.3 is 0 Å². The molecule has 0 fully saturated rings. The van der Waals surface area contributed by atoms with Crippen LogP contribution in [0.3, 0.4) is 0 Å². The molecule has 0 aromatic rings. The summed E-state index contributed by atoms with van der Waals surface area (Å²) in [5.74, 6) is 0. The normalized spacial score (nSPS) is 11.6. The minimum Gasteiger partial charge on any atom is -0.205 e. The molecule has 0 unspecified atom stereocenters. The Kier molecular flexibility index (Phi) is 5.07. The molecule has 0 aliphatic rings. The summed E-state index contributed by atoms with van der Waals surface area (Å²) in [6, 6.07) is 0. The molecule has 0 bridgehead atoms. The second-order valence-corrected chi connectivity index (χ2v) is 2.21. The molecule has 0 aliphatic carbocycles. The fourth-order valence-corrected chi connectivity index (χ4v) is 0.630. The molecule has 0 radical (unpaired) electrons. The minimum absolute atomic E-state index is 1.08. The van der Waals surface area contributed by atoms with Crippen molar-refractivity contribution >= 4 is 0 Å². The molecule has 9 heavy (non-hydrogen) atoms. The van der Waals surface area contributed by atoms with Crippen molar-refractivity contribution in [3.63, 3.8) is 0 Å². The Labute approximate surface area is 56.5 Å². The number of allylic oxidation sites excluding steroid dienone is 1. The first kappa shape index (κ1) is 8.34. The molecule has 0 saturated heterocycles. The van der Waals surface area contributed by atoms with Crippen molar-refractivity contribution in [3.8, 4) is 0 Å². The lowest BCUT2D eigenvalue weighted by molar-refractivity contribution is 0.784. The zero-order valence-corrected chi connectivity index (χ0v) is 6.15. The summed E-state index contributed by atoms with van der Waals surface area (Å²) >= 11 is 0. The first-order valence-corrected chi connectivity index (χ1v) is 3.33. The van der Waals surface area contributed by atoms with Gasteiger partial charge in [0.1, 0.15) is 0 Å². The summed E-state index contributed by atoms with van der Waals surface area (Å²) in [7, 11) is 0. The van der Waals surface area contributed by atoms with Crippen LogP contribution >= 0.6 is 0 Å². The van der Waals surface area contributed by atoms with Crippen molar-refractivity contribution in [2.75, 3.05) is 0 Å². The van der Waals surface area contributed by atoms with Gasteiger partial charge in [-0.25, -0.2) is 5.53 Å². The molecule has 0 aliphatic heterocycles. The Morgan fingerprint density at radius 3 is 2.78 bits per heavy atom. The molecule has 0 aromatic carbocycles. The standard InChI is InChI=1S/C7H14N2/c1-3-4-5-7(2)6-9-8/h6,8H,3-5H2,1-2H3/b7-6+,9-8?. The highest BCUT2D eigenvalue weighted by Gasteiger charge is 1.85. The van der Waals surface area contributed by atoms with Gasteiger partial charge in [-0.2, -0.15) is 5.11 Å². The Bertz CT molecular complexity index is 105. The molecule has 0 aromatic heterocycles. The smallest absolute Gasteiger partial charge is 0.0477 e. The summed E-state index contributed by atoms with van der Waals surface area (Å²) in [5.41, 5.74) is 7.72. The molecule has 0 atom stereocenters. The fourth-order valence-electron chi connectivity index (χ4n) is 0.630. The third-order valence-electron chi connectivity index (χ3n) is 1.21. The van der Waals surface area contributed by atoms with E-state index in [1.807, 2.05) is 6.92 Å². The monoisotopic (exact) mass is 126 g/mol. The number of hydrogen-bond donors (Lipinski definition) is 1. The van der Waals surface area contributed by atoms with Crippen LogP contribution in [0.25, 0.3) is 0 Å². The first-order chi connectivity index (χ1) is 4.31. The van der Waals surface area contributed by atoms with Crippen LogP contribution in [0.1, 0.15) is 33.1 Å². The highest BCUT2D eigenvalue weighted by atomic mass is 14.9. The van der Waals surface area contributed by atoms with Gasteiger partial charge in [-0.3, -0.25) is 0 Å². The van der Waals surface area contributed by atoms with Crippen molar-refractivity contribution in [2.24, 2.45) is 5.11 Å². The van der Waals surface area contributed by atoms with Crippen molar-refractivity contribution < 1.29 is 0 Å². The molecule has 0 amide bonds. The van der Waals surface area contributed by atoms with E-state index >= 15 is 0 Å². The minimum atomic E-state index is 1.08. The zero-order chi connectivity index (χ0) is 7.11. The molecule has 0 saturated carbocycles. The molecule has 2 nitrogen and oxygen atoms in total. The Morgan fingerprint density at radius 1 is 1.67 bits per heavy atom. The van der Waals surface area contributed by atoms with Gasteiger partial charge in [0.25, 0.3) is 0 Å². The van der Waals surface area contributed by atoms with Gasteiger partial charge in [-0.1, -0.05) is 18.9 Å². The third-order valence-corrected chi connectivity index (χ3v) is 1.21. The van der Waals surface area contributed by atoms with E-state index < -0.39 is 0 Å². The number of hydrogen-bond acceptors (Lipinski definition) is 2. The SMILES string of the molecule is CCCC/C(C)=C/N=N. The largest absolute Gasteiger partial charge is 0.205 e. The van der Waals surface area contributed by atoms with E-state index in [4.69, 9.17) is 5.53 Å². The summed E-state index contributed by atoms with van der Waals surface area (Å²) in [6.45, 7) is 4.17. The maximum Gasteiger partial charge on any atom is 0.0477 e. The van der Waals surface area contributed by atoms with E-state index in [0.717, 1.165) is 6.42 Å². The van der Waals surface area contributed by atoms with Gasteiger partial charge >= 0.3 is 0 Å². The molecule has 0 rings (SSSR count). The summed E-state index contributed by atoms with van der Waals surface area (Å²) < 4.78 is 0. The van der Waals surface area contributed by atoms with E-state index in [2.05, 4.69) is 12.0 Å². The zero-order valence-electron chi connectivity index (χ0n) is 6.15. The quantitative estimate of drug-likeness (QED) is 0.562. The number of unbranched alkanes of at least 4 members (excludes halogenated alkanes) is 1. The van der Waals surface area contributed by atoms with Crippen molar-refractivity contribution in [1.29, 1.82) is 5.53 Å². The van der Waals surface area contributed by atoms with Gasteiger partial charge in [0.2, 0.25) is 0 Å². The predicted octanol–water partition coefficient (Wildman–Crippen LogP) is 3.11. The average Bonchev–Trinajstić information content (AvgIpc) is 1.85. The maximum atomic E-state index is 6.52. The average molecular weight is 126 g/mol.